The summed E-state index contributed by atoms with van der Waals surface area (Å²) in [5.74, 6) is 0.459. The van der Waals surface area contributed by atoms with Gasteiger partial charge in [0.05, 0.1) is 17.9 Å². The predicted molar refractivity (Wildman–Crippen MR) is 68.0 cm³/mol. The third-order valence-electron chi connectivity index (χ3n) is 3.11. The van der Waals surface area contributed by atoms with Crippen LogP contribution in [0.5, 0.6) is 0 Å². The second-order valence-electron chi connectivity index (χ2n) is 4.82. The van der Waals surface area contributed by atoms with Crippen LogP contribution in [-0.2, 0) is 4.79 Å². The first-order valence-corrected chi connectivity index (χ1v) is 6.07. The van der Waals surface area contributed by atoms with E-state index in [0.29, 0.717) is 12.5 Å². The highest BCUT2D eigenvalue weighted by Gasteiger charge is 2.31. The van der Waals surface area contributed by atoms with Gasteiger partial charge in [-0.05, 0) is 25.0 Å². The van der Waals surface area contributed by atoms with Crippen LogP contribution in [0.15, 0.2) is 18.3 Å². The van der Waals surface area contributed by atoms with E-state index in [9.17, 15) is 4.79 Å². The monoisotopic (exact) mass is 233 g/mol. The Bertz CT molecular complexity index is 400. The molecule has 1 aliphatic heterocycles. The van der Waals surface area contributed by atoms with Gasteiger partial charge in [-0.3, -0.25) is 9.78 Å². The van der Waals surface area contributed by atoms with Crippen molar-refractivity contribution in [3.63, 3.8) is 0 Å². The maximum atomic E-state index is 12.3. The van der Waals surface area contributed by atoms with Gasteiger partial charge in [-0.15, -0.1) is 0 Å². The fourth-order valence-corrected chi connectivity index (χ4v) is 2.09. The molecular weight excluding hydrogens is 214 g/mol. The van der Waals surface area contributed by atoms with E-state index in [4.69, 9.17) is 0 Å². The quantitative estimate of drug-likeness (QED) is 0.838. The Morgan fingerprint density at radius 2 is 2.24 bits per heavy atom. The topological polar surface area (TPSA) is 45.2 Å². The van der Waals surface area contributed by atoms with Crippen LogP contribution in [0.3, 0.4) is 0 Å². The van der Waals surface area contributed by atoms with Gasteiger partial charge in [0.15, 0.2) is 0 Å². The molecule has 1 saturated heterocycles. The standard InChI is InChI=1S/C13H19N3O/c1-9(2)12-13(17)16(7-6-14-12)11-5-4-10(3)15-8-11/h4-5,8-9,12,14H,6-7H2,1-3H3. The Hall–Kier alpha value is -1.42. The molecule has 1 amide bonds. The van der Waals surface area contributed by atoms with E-state index in [1.807, 2.05) is 24.0 Å². The summed E-state index contributed by atoms with van der Waals surface area (Å²) in [5.41, 5.74) is 1.87. The van der Waals surface area contributed by atoms with Crippen molar-refractivity contribution in [2.24, 2.45) is 5.92 Å². The number of aromatic nitrogens is 1. The number of hydrogen-bond donors (Lipinski definition) is 1. The molecule has 0 saturated carbocycles. The van der Waals surface area contributed by atoms with E-state index in [2.05, 4.69) is 24.1 Å². The highest BCUT2D eigenvalue weighted by atomic mass is 16.2. The van der Waals surface area contributed by atoms with Crippen LogP contribution >= 0.6 is 0 Å². The van der Waals surface area contributed by atoms with Gasteiger partial charge >= 0.3 is 0 Å². The second-order valence-corrected chi connectivity index (χ2v) is 4.82. The number of aryl methyl sites for hydroxylation is 1. The number of pyridine rings is 1. The number of carbonyl (C=O) groups excluding carboxylic acids is 1. The molecule has 0 bridgehead atoms. The molecule has 1 aromatic heterocycles. The molecule has 1 aromatic rings. The molecule has 1 N–H and O–H groups in total. The van der Waals surface area contributed by atoms with Crippen molar-refractivity contribution in [2.75, 3.05) is 18.0 Å². The molecule has 0 spiro atoms. The molecule has 4 heteroatoms. The number of piperazine rings is 1. The summed E-state index contributed by atoms with van der Waals surface area (Å²) in [6, 6.07) is 3.82. The number of carbonyl (C=O) groups is 1. The lowest BCUT2D eigenvalue weighted by Gasteiger charge is -2.34. The van der Waals surface area contributed by atoms with Gasteiger partial charge in [0.2, 0.25) is 5.91 Å². The van der Waals surface area contributed by atoms with E-state index >= 15 is 0 Å². The third kappa shape index (κ3) is 2.47. The Labute approximate surface area is 102 Å². The van der Waals surface area contributed by atoms with Gasteiger partial charge in [-0.1, -0.05) is 13.8 Å². The van der Waals surface area contributed by atoms with Gasteiger partial charge in [0.25, 0.3) is 0 Å². The Balaban J connectivity index is 2.20. The van der Waals surface area contributed by atoms with Gasteiger partial charge in [0, 0.05) is 18.8 Å². The zero-order valence-corrected chi connectivity index (χ0v) is 10.6. The maximum Gasteiger partial charge on any atom is 0.244 e. The van der Waals surface area contributed by atoms with Crippen LogP contribution in [0.2, 0.25) is 0 Å². The summed E-state index contributed by atoms with van der Waals surface area (Å²) in [5, 5.41) is 3.27. The zero-order chi connectivity index (χ0) is 12.4. The van der Waals surface area contributed by atoms with Crippen molar-refractivity contribution >= 4 is 11.6 Å². The third-order valence-corrected chi connectivity index (χ3v) is 3.11. The molecule has 1 atom stereocenters. The first-order valence-electron chi connectivity index (χ1n) is 6.07. The van der Waals surface area contributed by atoms with E-state index in [0.717, 1.165) is 17.9 Å². The molecule has 0 aromatic carbocycles. The van der Waals surface area contributed by atoms with Crippen LogP contribution in [0.25, 0.3) is 0 Å². The minimum atomic E-state index is -0.0787. The molecule has 1 aliphatic rings. The minimum absolute atomic E-state index is 0.0787. The van der Waals surface area contributed by atoms with Crippen molar-refractivity contribution in [3.05, 3.63) is 24.0 Å². The number of amides is 1. The average Bonchev–Trinajstić information content (AvgIpc) is 2.30. The Kier molecular flexibility index (Phi) is 3.43. The summed E-state index contributed by atoms with van der Waals surface area (Å²) in [4.78, 5) is 18.4. The molecule has 1 fully saturated rings. The van der Waals surface area contributed by atoms with Crippen LogP contribution < -0.4 is 10.2 Å². The van der Waals surface area contributed by atoms with Crippen molar-refractivity contribution in [3.8, 4) is 0 Å². The van der Waals surface area contributed by atoms with Crippen LogP contribution in [0, 0.1) is 12.8 Å². The first-order chi connectivity index (χ1) is 8.09. The van der Waals surface area contributed by atoms with Crippen LogP contribution in [0.1, 0.15) is 19.5 Å². The number of anilines is 1. The lowest BCUT2D eigenvalue weighted by Crippen LogP contribution is -2.57. The van der Waals surface area contributed by atoms with Crippen LogP contribution in [0.4, 0.5) is 5.69 Å². The molecule has 4 nitrogen and oxygen atoms in total. The Morgan fingerprint density at radius 3 is 2.82 bits per heavy atom. The van der Waals surface area contributed by atoms with E-state index in [-0.39, 0.29) is 11.9 Å². The molecule has 17 heavy (non-hydrogen) atoms. The van der Waals surface area contributed by atoms with E-state index in [1.54, 1.807) is 6.20 Å². The molecule has 2 heterocycles. The smallest absolute Gasteiger partial charge is 0.244 e. The maximum absolute atomic E-state index is 12.3. The molecule has 0 radical (unpaired) electrons. The highest BCUT2D eigenvalue weighted by molar-refractivity contribution is 5.98. The van der Waals surface area contributed by atoms with Gasteiger partial charge < -0.3 is 10.2 Å². The lowest BCUT2D eigenvalue weighted by atomic mass is 10.0. The average molecular weight is 233 g/mol. The van der Waals surface area contributed by atoms with Gasteiger partial charge in [-0.2, -0.15) is 0 Å². The lowest BCUT2D eigenvalue weighted by molar-refractivity contribution is -0.122. The highest BCUT2D eigenvalue weighted by Crippen LogP contribution is 2.18. The summed E-state index contributed by atoms with van der Waals surface area (Å²) >= 11 is 0. The number of rotatable bonds is 2. The fourth-order valence-electron chi connectivity index (χ4n) is 2.09. The van der Waals surface area contributed by atoms with E-state index < -0.39 is 0 Å². The van der Waals surface area contributed by atoms with Gasteiger partial charge in [-0.25, -0.2) is 0 Å². The summed E-state index contributed by atoms with van der Waals surface area (Å²) in [6.07, 6.45) is 1.77. The minimum Gasteiger partial charge on any atom is -0.308 e. The van der Waals surface area contributed by atoms with Gasteiger partial charge in [0.1, 0.15) is 0 Å². The van der Waals surface area contributed by atoms with Crippen molar-refractivity contribution in [1.29, 1.82) is 0 Å². The van der Waals surface area contributed by atoms with Crippen molar-refractivity contribution in [1.82, 2.24) is 10.3 Å². The number of hydrogen-bond acceptors (Lipinski definition) is 3. The summed E-state index contributed by atoms with van der Waals surface area (Å²) < 4.78 is 0. The number of nitrogens with one attached hydrogen (secondary N) is 1. The predicted octanol–water partition coefficient (Wildman–Crippen LogP) is 1.35. The van der Waals surface area contributed by atoms with E-state index in [1.165, 1.54) is 0 Å². The van der Waals surface area contributed by atoms with Crippen molar-refractivity contribution < 1.29 is 4.79 Å². The SMILES string of the molecule is Cc1ccc(N2CCNC(C(C)C)C2=O)cn1. The van der Waals surface area contributed by atoms with Crippen molar-refractivity contribution in [2.45, 2.75) is 26.8 Å². The second kappa shape index (κ2) is 4.84. The largest absolute Gasteiger partial charge is 0.308 e. The molecular formula is C13H19N3O. The first kappa shape index (κ1) is 12.0. The fraction of sp³-hybridized carbons (Fsp3) is 0.538. The molecule has 2 rings (SSSR count). The Morgan fingerprint density at radius 1 is 1.47 bits per heavy atom. The van der Waals surface area contributed by atoms with Crippen LogP contribution in [-0.4, -0.2) is 30.0 Å². The zero-order valence-electron chi connectivity index (χ0n) is 10.6. The summed E-state index contributed by atoms with van der Waals surface area (Å²) in [7, 11) is 0. The molecule has 0 aliphatic carbocycles. The number of nitrogens with zero attached hydrogens (tertiary/aromatic N) is 2. The molecule has 1 unspecified atom stereocenters. The molecule has 92 valence electrons. The normalized spacial score (nSPS) is 21.1. The summed E-state index contributed by atoms with van der Waals surface area (Å²) in [6.45, 7) is 7.62.